The molecule has 1 aliphatic carbocycles. The maximum atomic E-state index is 11.0. The van der Waals surface area contributed by atoms with Gasteiger partial charge in [-0.05, 0) is 22.9 Å². The van der Waals surface area contributed by atoms with Crippen LogP contribution >= 0.6 is 0 Å². The Hall–Kier alpha value is -3.26. The molecule has 4 rings (SSSR count). The lowest BCUT2D eigenvalue weighted by atomic mass is 9.89. The van der Waals surface area contributed by atoms with E-state index in [2.05, 4.69) is 35.7 Å². The smallest absolute Gasteiger partial charge is 0.109 e. The second-order valence-electron chi connectivity index (χ2n) is 6.47. The molecule has 2 heteroatoms. The standard InChI is InChI=1S/C24H21NO/c26-24-21-14-8-7-11-19(21)17-23(25-20-12-5-2-6-13-20)22(24)16-15-18-9-3-1-4-10-18/h1-17,22-23,25-26H. The Morgan fingerprint density at radius 3 is 2.19 bits per heavy atom. The largest absolute Gasteiger partial charge is 0.511 e. The minimum atomic E-state index is -0.134. The fourth-order valence-electron chi connectivity index (χ4n) is 3.37. The molecule has 0 fully saturated rings. The minimum Gasteiger partial charge on any atom is -0.511 e. The predicted octanol–water partition coefficient (Wildman–Crippen LogP) is 3.96. The van der Waals surface area contributed by atoms with Gasteiger partial charge >= 0.3 is 0 Å². The number of benzene rings is 3. The van der Waals surface area contributed by atoms with Gasteiger partial charge in [0.15, 0.2) is 0 Å². The van der Waals surface area contributed by atoms with Crippen LogP contribution in [0.1, 0.15) is 5.56 Å². The maximum absolute atomic E-state index is 11.0. The molecule has 0 aromatic heterocycles. The summed E-state index contributed by atoms with van der Waals surface area (Å²) in [5, 5.41) is 16.5. The molecular weight excluding hydrogens is 318 g/mol. The molecule has 3 aromatic rings. The molecule has 0 spiro atoms. The highest BCUT2D eigenvalue weighted by Gasteiger charge is 2.24. The summed E-state index contributed by atoms with van der Waals surface area (Å²) in [6.45, 7) is 0. The van der Waals surface area contributed by atoms with Crippen LogP contribution in [0.25, 0.3) is 17.9 Å². The first-order valence-corrected chi connectivity index (χ1v) is 8.86. The van der Waals surface area contributed by atoms with Crippen LogP contribution in [0.4, 0.5) is 5.69 Å². The fourth-order valence-corrected chi connectivity index (χ4v) is 3.37. The van der Waals surface area contributed by atoms with Crippen LogP contribution in [0.3, 0.4) is 0 Å². The van der Waals surface area contributed by atoms with Crippen molar-refractivity contribution < 1.29 is 5.11 Å². The van der Waals surface area contributed by atoms with Gasteiger partial charge in [0.1, 0.15) is 5.76 Å². The Balaban J connectivity index is 1.74. The highest BCUT2D eigenvalue weighted by atomic mass is 16.3. The topological polar surface area (TPSA) is 32.3 Å². The van der Waals surface area contributed by atoms with Crippen molar-refractivity contribution in [3.63, 3.8) is 0 Å². The molecule has 0 bridgehead atoms. The Morgan fingerprint density at radius 1 is 0.769 bits per heavy atom. The van der Waals surface area contributed by atoms with E-state index in [4.69, 9.17) is 0 Å². The molecule has 2 atom stereocenters. The average molecular weight is 339 g/mol. The molecule has 0 aliphatic heterocycles. The Labute approximate surface area is 153 Å². The second kappa shape index (κ2) is 7.32. The summed E-state index contributed by atoms with van der Waals surface area (Å²) in [5.74, 6) is 0.272. The van der Waals surface area contributed by atoms with Crippen molar-refractivity contribution in [1.29, 1.82) is 0 Å². The van der Waals surface area contributed by atoms with E-state index in [1.807, 2.05) is 72.8 Å². The third-order valence-electron chi connectivity index (χ3n) is 4.70. The molecular formula is C24H21NO. The first-order valence-electron chi connectivity index (χ1n) is 8.86. The highest BCUT2D eigenvalue weighted by Crippen LogP contribution is 2.23. The van der Waals surface area contributed by atoms with Crippen LogP contribution in [-0.4, -0.2) is 11.1 Å². The van der Waals surface area contributed by atoms with Crippen molar-refractivity contribution >= 4 is 23.6 Å². The van der Waals surface area contributed by atoms with E-state index in [1.165, 1.54) is 0 Å². The van der Waals surface area contributed by atoms with Gasteiger partial charge < -0.3 is 10.4 Å². The number of nitrogens with one attached hydrogen (secondary N) is 1. The van der Waals surface area contributed by atoms with Crippen molar-refractivity contribution in [3.8, 4) is 0 Å². The van der Waals surface area contributed by atoms with Gasteiger partial charge in [-0.2, -0.15) is 0 Å². The van der Waals surface area contributed by atoms with Gasteiger partial charge in [-0.15, -0.1) is 0 Å². The SMILES string of the molecule is OC1=c2ccccc2=CC(Nc2ccccc2)C1C=Cc1ccccc1. The summed E-state index contributed by atoms with van der Waals surface area (Å²) in [6, 6.07) is 28.2. The van der Waals surface area contributed by atoms with Crippen molar-refractivity contribution in [3.05, 3.63) is 107 Å². The van der Waals surface area contributed by atoms with Crippen LogP contribution in [0.2, 0.25) is 0 Å². The number of rotatable bonds is 4. The molecule has 0 radical (unpaired) electrons. The molecule has 0 amide bonds. The molecule has 0 saturated heterocycles. The van der Waals surface area contributed by atoms with Crippen molar-refractivity contribution in [2.75, 3.05) is 5.32 Å². The molecule has 2 nitrogen and oxygen atoms in total. The Morgan fingerprint density at radius 2 is 1.42 bits per heavy atom. The number of fused-ring (bicyclic) bond motifs is 1. The summed E-state index contributed by atoms with van der Waals surface area (Å²) >= 11 is 0. The van der Waals surface area contributed by atoms with E-state index < -0.39 is 0 Å². The van der Waals surface area contributed by atoms with Gasteiger partial charge in [-0.3, -0.25) is 0 Å². The summed E-state index contributed by atoms with van der Waals surface area (Å²) in [4.78, 5) is 0. The van der Waals surface area contributed by atoms with Gasteiger partial charge in [0, 0.05) is 10.9 Å². The zero-order chi connectivity index (χ0) is 17.8. The number of hydrogen-bond acceptors (Lipinski definition) is 2. The normalized spacial score (nSPS) is 19.0. The van der Waals surface area contributed by atoms with Crippen LogP contribution < -0.4 is 15.8 Å². The first-order chi connectivity index (χ1) is 12.8. The lowest BCUT2D eigenvalue weighted by Crippen LogP contribution is -2.41. The van der Waals surface area contributed by atoms with E-state index in [0.29, 0.717) is 5.76 Å². The summed E-state index contributed by atoms with van der Waals surface area (Å²) in [5.41, 5.74) is 2.16. The van der Waals surface area contributed by atoms with Crippen LogP contribution in [-0.2, 0) is 0 Å². The maximum Gasteiger partial charge on any atom is 0.109 e. The van der Waals surface area contributed by atoms with E-state index in [1.54, 1.807) is 0 Å². The first kappa shape index (κ1) is 16.2. The number of anilines is 1. The quantitative estimate of drug-likeness (QED) is 0.754. The van der Waals surface area contributed by atoms with Crippen LogP contribution in [0.5, 0.6) is 0 Å². The van der Waals surface area contributed by atoms with Crippen LogP contribution in [0, 0.1) is 5.92 Å². The van der Waals surface area contributed by atoms with Gasteiger partial charge in [0.05, 0.1) is 12.0 Å². The minimum absolute atomic E-state index is 0.0211. The average Bonchev–Trinajstić information content (AvgIpc) is 2.69. The molecule has 128 valence electrons. The number of aliphatic hydroxyl groups is 1. The molecule has 26 heavy (non-hydrogen) atoms. The summed E-state index contributed by atoms with van der Waals surface area (Å²) < 4.78 is 0. The lowest BCUT2D eigenvalue weighted by Gasteiger charge is -2.27. The van der Waals surface area contributed by atoms with Gasteiger partial charge in [-0.1, -0.05) is 91.0 Å². The predicted molar refractivity (Wildman–Crippen MR) is 109 cm³/mol. The van der Waals surface area contributed by atoms with Crippen molar-refractivity contribution in [1.82, 2.24) is 0 Å². The van der Waals surface area contributed by atoms with Gasteiger partial charge in [-0.25, -0.2) is 0 Å². The van der Waals surface area contributed by atoms with Gasteiger partial charge in [0.25, 0.3) is 0 Å². The van der Waals surface area contributed by atoms with E-state index in [-0.39, 0.29) is 12.0 Å². The summed E-state index contributed by atoms with van der Waals surface area (Å²) in [7, 11) is 0. The molecule has 2 N–H and O–H groups in total. The summed E-state index contributed by atoms with van der Waals surface area (Å²) in [6.07, 6.45) is 6.35. The fraction of sp³-hybridized carbons (Fsp3) is 0.0833. The van der Waals surface area contributed by atoms with Crippen molar-refractivity contribution in [2.24, 2.45) is 5.92 Å². The molecule has 2 unspecified atom stereocenters. The van der Waals surface area contributed by atoms with E-state index in [0.717, 1.165) is 21.7 Å². The Kier molecular flexibility index (Phi) is 4.57. The monoisotopic (exact) mass is 339 g/mol. The highest BCUT2D eigenvalue weighted by molar-refractivity contribution is 5.62. The lowest BCUT2D eigenvalue weighted by molar-refractivity contribution is 0.442. The van der Waals surface area contributed by atoms with E-state index in [9.17, 15) is 5.11 Å². The van der Waals surface area contributed by atoms with E-state index >= 15 is 0 Å². The zero-order valence-electron chi connectivity index (χ0n) is 14.4. The van der Waals surface area contributed by atoms with Crippen molar-refractivity contribution in [2.45, 2.75) is 6.04 Å². The number of para-hydroxylation sites is 1. The Bertz CT molecular complexity index is 1020. The number of aliphatic hydroxyl groups excluding tert-OH is 1. The molecule has 1 aliphatic rings. The molecule has 3 aromatic carbocycles. The zero-order valence-corrected chi connectivity index (χ0v) is 14.4. The third kappa shape index (κ3) is 3.40. The number of hydrogen-bond donors (Lipinski definition) is 2. The molecule has 0 heterocycles. The van der Waals surface area contributed by atoms with Crippen LogP contribution in [0.15, 0.2) is 91.0 Å². The third-order valence-corrected chi connectivity index (χ3v) is 4.70. The second-order valence-corrected chi connectivity index (χ2v) is 6.47. The van der Waals surface area contributed by atoms with Gasteiger partial charge in [0.2, 0.25) is 0 Å². The molecule has 0 saturated carbocycles.